The van der Waals surface area contributed by atoms with Gasteiger partial charge in [0, 0.05) is 25.2 Å². The van der Waals surface area contributed by atoms with Gasteiger partial charge in [-0.3, -0.25) is 0 Å². The first kappa shape index (κ1) is 18.0. The molecular weight excluding hydrogens is 370 g/mol. The predicted molar refractivity (Wildman–Crippen MR) is 88.5 cm³/mol. The van der Waals surface area contributed by atoms with Gasteiger partial charge in [0.15, 0.2) is 0 Å². The van der Waals surface area contributed by atoms with Crippen LogP contribution in [0.1, 0.15) is 33.6 Å². The number of likely N-dealkylation sites (tertiary alicyclic amines) is 1. The molecular formula is C16H21BrF2N2O2. The van der Waals surface area contributed by atoms with Crippen LogP contribution in [0.5, 0.6) is 0 Å². The van der Waals surface area contributed by atoms with Crippen molar-refractivity contribution in [3.63, 3.8) is 0 Å². The topological polar surface area (TPSA) is 41.6 Å². The van der Waals surface area contributed by atoms with Gasteiger partial charge in [-0.2, -0.15) is 0 Å². The van der Waals surface area contributed by atoms with Crippen molar-refractivity contribution < 1.29 is 18.3 Å². The van der Waals surface area contributed by atoms with Crippen molar-refractivity contribution in [2.45, 2.75) is 45.3 Å². The predicted octanol–water partition coefficient (Wildman–Crippen LogP) is 4.54. The summed E-state index contributed by atoms with van der Waals surface area (Å²) >= 11 is 2.95. The van der Waals surface area contributed by atoms with Crippen molar-refractivity contribution in [1.29, 1.82) is 0 Å². The lowest BCUT2D eigenvalue weighted by Crippen LogP contribution is -2.47. The fraction of sp³-hybridized carbons (Fsp3) is 0.562. The van der Waals surface area contributed by atoms with Gasteiger partial charge in [0.05, 0.1) is 10.2 Å². The zero-order chi connectivity index (χ0) is 17.2. The van der Waals surface area contributed by atoms with E-state index in [1.54, 1.807) is 4.90 Å². The number of nitrogens with one attached hydrogen (secondary N) is 1. The average Bonchev–Trinajstić information content (AvgIpc) is 2.43. The SMILES string of the molecule is CC(C)(C)OC(=O)N1CCCC(Nc2cc(F)c(Br)cc2F)C1. The lowest BCUT2D eigenvalue weighted by molar-refractivity contribution is 0.0206. The highest BCUT2D eigenvalue weighted by Crippen LogP contribution is 2.25. The van der Waals surface area contributed by atoms with E-state index < -0.39 is 17.2 Å². The fourth-order valence-electron chi connectivity index (χ4n) is 2.44. The molecule has 1 unspecified atom stereocenters. The zero-order valence-electron chi connectivity index (χ0n) is 13.5. The summed E-state index contributed by atoms with van der Waals surface area (Å²) in [5, 5.41) is 2.98. The largest absolute Gasteiger partial charge is 0.444 e. The third kappa shape index (κ3) is 5.06. The second kappa shape index (κ2) is 7.03. The van der Waals surface area contributed by atoms with Crippen molar-refractivity contribution in [2.75, 3.05) is 18.4 Å². The molecule has 4 nitrogen and oxygen atoms in total. The maximum Gasteiger partial charge on any atom is 0.410 e. The lowest BCUT2D eigenvalue weighted by atomic mass is 10.1. The maximum absolute atomic E-state index is 13.9. The molecule has 0 bridgehead atoms. The number of halogens is 3. The van der Waals surface area contributed by atoms with E-state index in [0.29, 0.717) is 13.1 Å². The number of nitrogens with zero attached hydrogens (tertiary/aromatic N) is 1. The van der Waals surface area contributed by atoms with Crippen molar-refractivity contribution in [1.82, 2.24) is 4.90 Å². The normalized spacial score (nSPS) is 18.7. The number of anilines is 1. The number of ether oxygens (including phenoxy) is 1. The molecule has 0 spiro atoms. The van der Waals surface area contributed by atoms with E-state index in [1.165, 1.54) is 0 Å². The quantitative estimate of drug-likeness (QED) is 0.753. The van der Waals surface area contributed by atoms with Crippen LogP contribution in [0.15, 0.2) is 16.6 Å². The highest BCUT2D eigenvalue weighted by molar-refractivity contribution is 9.10. The Balaban J connectivity index is 2.02. The maximum atomic E-state index is 13.9. The molecule has 1 saturated heterocycles. The third-order valence-corrected chi connectivity index (χ3v) is 4.05. The fourth-order valence-corrected chi connectivity index (χ4v) is 2.76. The van der Waals surface area contributed by atoms with Crippen LogP contribution in [-0.4, -0.2) is 35.7 Å². The first-order valence-corrected chi connectivity index (χ1v) is 8.34. The van der Waals surface area contributed by atoms with Crippen LogP contribution in [-0.2, 0) is 4.74 Å². The van der Waals surface area contributed by atoms with Crippen molar-refractivity contribution in [2.24, 2.45) is 0 Å². The number of piperidine rings is 1. The number of hydrogen-bond donors (Lipinski definition) is 1. The van der Waals surface area contributed by atoms with Crippen LogP contribution in [0.25, 0.3) is 0 Å². The molecule has 1 aromatic carbocycles. The lowest BCUT2D eigenvalue weighted by Gasteiger charge is -2.34. The Morgan fingerprint density at radius 3 is 2.70 bits per heavy atom. The smallest absolute Gasteiger partial charge is 0.410 e. The molecule has 2 rings (SSSR count). The Labute approximate surface area is 143 Å². The summed E-state index contributed by atoms with van der Waals surface area (Å²) in [4.78, 5) is 13.7. The molecule has 1 atom stereocenters. The van der Waals surface area contributed by atoms with Gasteiger partial charge in [-0.05, 0) is 55.6 Å². The highest BCUT2D eigenvalue weighted by atomic mass is 79.9. The van der Waals surface area contributed by atoms with Gasteiger partial charge in [0.2, 0.25) is 0 Å². The van der Waals surface area contributed by atoms with Crippen LogP contribution in [0.4, 0.5) is 19.3 Å². The van der Waals surface area contributed by atoms with E-state index in [9.17, 15) is 13.6 Å². The highest BCUT2D eigenvalue weighted by Gasteiger charge is 2.28. The molecule has 23 heavy (non-hydrogen) atoms. The summed E-state index contributed by atoms with van der Waals surface area (Å²) in [6, 6.07) is 2.06. The Morgan fingerprint density at radius 2 is 2.04 bits per heavy atom. The molecule has 7 heteroatoms. The van der Waals surface area contributed by atoms with Crippen LogP contribution >= 0.6 is 15.9 Å². The van der Waals surface area contributed by atoms with Gasteiger partial charge in [0.1, 0.15) is 17.2 Å². The summed E-state index contributed by atoms with van der Waals surface area (Å²) in [5.74, 6) is -1.07. The molecule has 1 amide bonds. The summed E-state index contributed by atoms with van der Waals surface area (Å²) in [5.41, 5.74) is -0.458. The monoisotopic (exact) mass is 390 g/mol. The minimum Gasteiger partial charge on any atom is -0.444 e. The van der Waals surface area contributed by atoms with E-state index in [4.69, 9.17) is 4.74 Å². The Hall–Kier alpha value is -1.37. The van der Waals surface area contributed by atoms with Crippen LogP contribution in [0, 0.1) is 11.6 Å². The molecule has 1 heterocycles. The van der Waals surface area contributed by atoms with Crippen LogP contribution in [0.3, 0.4) is 0 Å². The molecule has 0 aromatic heterocycles. The van der Waals surface area contributed by atoms with Crippen molar-refractivity contribution in [3.8, 4) is 0 Å². The molecule has 0 radical (unpaired) electrons. The van der Waals surface area contributed by atoms with E-state index in [0.717, 1.165) is 25.0 Å². The van der Waals surface area contributed by atoms with Gasteiger partial charge in [-0.15, -0.1) is 0 Å². The average molecular weight is 391 g/mol. The Kier molecular flexibility index (Phi) is 5.49. The van der Waals surface area contributed by atoms with Gasteiger partial charge in [0.25, 0.3) is 0 Å². The number of benzene rings is 1. The second-order valence-corrected chi connectivity index (χ2v) is 7.51. The molecule has 0 aliphatic carbocycles. The van der Waals surface area contributed by atoms with Gasteiger partial charge < -0.3 is 15.0 Å². The van der Waals surface area contributed by atoms with E-state index in [2.05, 4.69) is 21.2 Å². The summed E-state index contributed by atoms with van der Waals surface area (Å²) < 4.78 is 32.9. The van der Waals surface area contributed by atoms with E-state index in [-0.39, 0.29) is 22.3 Å². The molecule has 128 valence electrons. The first-order valence-electron chi connectivity index (χ1n) is 7.55. The number of hydrogen-bond acceptors (Lipinski definition) is 3. The standard InChI is InChI=1S/C16H21BrF2N2O2/c1-16(2,3)23-15(22)21-6-4-5-10(9-21)20-14-8-12(18)11(17)7-13(14)19/h7-8,10,20H,4-6,9H2,1-3H3. The minimum absolute atomic E-state index is 0.0829. The Bertz CT molecular complexity index is 590. The van der Waals surface area contributed by atoms with Gasteiger partial charge >= 0.3 is 6.09 Å². The van der Waals surface area contributed by atoms with Crippen LogP contribution < -0.4 is 5.32 Å². The molecule has 1 fully saturated rings. The molecule has 1 aromatic rings. The van der Waals surface area contributed by atoms with Crippen molar-refractivity contribution in [3.05, 3.63) is 28.2 Å². The summed E-state index contributed by atoms with van der Waals surface area (Å²) in [6.07, 6.45) is 1.17. The third-order valence-electron chi connectivity index (χ3n) is 3.44. The number of carbonyl (C=O) groups excluding carboxylic acids is 1. The molecule has 1 aliphatic heterocycles. The van der Waals surface area contributed by atoms with E-state index in [1.807, 2.05) is 20.8 Å². The Morgan fingerprint density at radius 1 is 1.35 bits per heavy atom. The van der Waals surface area contributed by atoms with Crippen molar-refractivity contribution >= 4 is 27.7 Å². The number of rotatable bonds is 2. The molecule has 0 saturated carbocycles. The van der Waals surface area contributed by atoms with Crippen LogP contribution in [0.2, 0.25) is 0 Å². The minimum atomic E-state index is -0.557. The molecule has 1 aliphatic rings. The number of carbonyl (C=O) groups is 1. The molecule has 1 N–H and O–H groups in total. The zero-order valence-corrected chi connectivity index (χ0v) is 15.0. The second-order valence-electron chi connectivity index (χ2n) is 6.66. The summed E-state index contributed by atoms with van der Waals surface area (Å²) in [6.45, 7) is 6.43. The number of amides is 1. The van der Waals surface area contributed by atoms with Gasteiger partial charge in [-0.25, -0.2) is 13.6 Å². The van der Waals surface area contributed by atoms with Gasteiger partial charge in [-0.1, -0.05) is 0 Å². The first-order chi connectivity index (χ1) is 10.7. The van der Waals surface area contributed by atoms with E-state index >= 15 is 0 Å². The summed E-state index contributed by atoms with van der Waals surface area (Å²) in [7, 11) is 0.